The van der Waals surface area contributed by atoms with Gasteiger partial charge in [-0.3, -0.25) is 4.79 Å². The van der Waals surface area contributed by atoms with Gasteiger partial charge < -0.3 is 4.90 Å². The zero-order valence-electron chi connectivity index (χ0n) is 12.3. The maximum absolute atomic E-state index is 12.4. The molecule has 0 saturated carbocycles. The highest BCUT2D eigenvalue weighted by molar-refractivity contribution is 7.90. The van der Waals surface area contributed by atoms with Crippen molar-refractivity contribution in [1.29, 1.82) is 0 Å². The molecule has 0 fully saturated rings. The lowest BCUT2D eigenvalue weighted by molar-refractivity contribution is 0.0785. The van der Waals surface area contributed by atoms with Crippen LogP contribution in [0, 0.1) is 0 Å². The van der Waals surface area contributed by atoms with Crippen molar-refractivity contribution in [3.8, 4) is 0 Å². The van der Waals surface area contributed by atoms with E-state index in [2.05, 4.69) is 0 Å². The van der Waals surface area contributed by atoms with E-state index < -0.39 is 9.84 Å². The molecule has 0 bridgehead atoms. The maximum atomic E-state index is 12.4. The lowest BCUT2D eigenvalue weighted by Gasteiger charge is -2.18. The van der Waals surface area contributed by atoms with Gasteiger partial charge in [0.15, 0.2) is 9.84 Å². The van der Waals surface area contributed by atoms with Crippen molar-refractivity contribution in [3.05, 3.63) is 64.7 Å². The minimum atomic E-state index is -3.26. The van der Waals surface area contributed by atoms with Crippen molar-refractivity contribution in [2.24, 2.45) is 0 Å². The van der Waals surface area contributed by atoms with E-state index in [0.29, 0.717) is 17.1 Å². The summed E-state index contributed by atoms with van der Waals surface area (Å²) in [5.41, 5.74) is 1.29. The Kier molecular flexibility index (Phi) is 4.88. The molecule has 0 aliphatic heterocycles. The van der Waals surface area contributed by atoms with Gasteiger partial charge in [-0.25, -0.2) is 8.42 Å². The molecule has 0 aliphatic rings. The molecule has 2 aromatic carbocycles. The SMILES string of the molecule is CN(Cc1ccccc1Cl)C(=O)c1ccc(S(C)(=O)=O)cc1. The fourth-order valence-corrected chi connectivity index (χ4v) is 2.85. The number of nitrogens with zero attached hydrogens (tertiary/aromatic N) is 1. The van der Waals surface area contributed by atoms with Crippen LogP contribution in [0.15, 0.2) is 53.4 Å². The molecule has 0 aliphatic carbocycles. The Hall–Kier alpha value is -1.85. The molecule has 1 amide bonds. The summed E-state index contributed by atoms with van der Waals surface area (Å²) in [4.78, 5) is 14.1. The van der Waals surface area contributed by atoms with Gasteiger partial charge in [0, 0.05) is 30.4 Å². The quantitative estimate of drug-likeness (QED) is 0.861. The van der Waals surface area contributed by atoms with E-state index in [0.717, 1.165) is 11.8 Å². The third kappa shape index (κ3) is 3.87. The van der Waals surface area contributed by atoms with Gasteiger partial charge in [-0.15, -0.1) is 0 Å². The average molecular weight is 338 g/mol. The van der Waals surface area contributed by atoms with Crippen molar-refractivity contribution in [1.82, 2.24) is 4.90 Å². The van der Waals surface area contributed by atoms with Gasteiger partial charge in [0.1, 0.15) is 0 Å². The third-order valence-electron chi connectivity index (χ3n) is 3.24. The summed E-state index contributed by atoms with van der Waals surface area (Å²) in [6, 6.07) is 13.2. The number of halogens is 1. The monoisotopic (exact) mass is 337 g/mol. The van der Waals surface area contributed by atoms with Crippen LogP contribution >= 0.6 is 11.6 Å². The van der Waals surface area contributed by atoms with E-state index in [-0.39, 0.29) is 10.8 Å². The van der Waals surface area contributed by atoms with Gasteiger partial charge in [0.05, 0.1) is 4.90 Å². The van der Waals surface area contributed by atoms with E-state index in [9.17, 15) is 13.2 Å². The van der Waals surface area contributed by atoms with Crippen LogP contribution in [0.25, 0.3) is 0 Å². The molecule has 116 valence electrons. The molecule has 6 heteroatoms. The number of carbonyl (C=O) groups excluding carboxylic acids is 1. The number of sulfone groups is 1. The summed E-state index contributed by atoms with van der Waals surface area (Å²) in [5.74, 6) is -0.194. The Morgan fingerprint density at radius 1 is 1.09 bits per heavy atom. The third-order valence-corrected chi connectivity index (χ3v) is 4.74. The minimum Gasteiger partial charge on any atom is -0.337 e. The summed E-state index contributed by atoms with van der Waals surface area (Å²) in [6.07, 6.45) is 1.13. The number of benzene rings is 2. The zero-order valence-corrected chi connectivity index (χ0v) is 13.9. The Balaban J connectivity index is 2.16. The van der Waals surface area contributed by atoms with Crippen molar-refractivity contribution in [3.63, 3.8) is 0 Å². The average Bonchev–Trinajstić information content (AvgIpc) is 2.48. The molecule has 0 spiro atoms. The predicted octanol–water partition coefficient (Wildman–Crippen LogP) is 3.02. The molecule has 0 radical (unpaired) electrons. The maximum Gasteiger partial charge on any atom is 0.253 e. The largest absolute Gasteiger partial charge is 0.337 e. The van der Waals surface area contributed by atoms with Crippen LogP contribution in [-0.2, 0) is 16.4 Å². The van der Waals surface area contributed by atoms with Crippen LogP contribution < -0.4 is 0 Å². The first-order valence-electron chi connectivity index (χ1n) is 6.58. The molecular formula is C16H16ClNO3S. The lowest BCUT2D eigenvalue weighted by atomic mass is 10.1. The number of rotatable bonds is 4. The van der Waals surface area contributed by atoms with E-state index in [1.54, 1.807) is 13.1 Å². The number of hydrogen-bond acceptors (Lipinski definition) is 3. The van der Waals surface area contributed by atoms with Gasteiger partial charge in [-0.05, 0) is 35.9 Å². The van der Waals surface area contributed by atoms with Crippen LogP contribution in [0.3, 0.4) is 0 Å². The van der Waals surface area contributed by atoms with Crippen molar-refractivity contribution in [2.75, 3.05) is 13.3 Å². The lowest BCUT2D eigenvalue weighted by Crippen LogP contribution is -2.26. The van der Waals surface area contributed by atoms with Gasteiger partial charge in [-0.2, -0.15) is 0 Å². The fraction of sp³-hybridized carbons (Fsp3) is 0.188. The molecule has 2 rings (SSSR count). The first-order valence-corrected chi connectivity index (χ1v) is 8.85. The number of amides is 1. The van der Waals surface area contributed by atoms with Crippen LogP contribution in [-0.4, -0.2) is 32.5 Å². The van der Waals surface area contributed by atoms with E-state index in [1.165, 1.54) is 29.2 Å². The highest BCUT2D eigenvalue weighted by Crippen LogP contribution is 2.18. The normalized spacial score (nSPS) is 11.2. The predicted molar refractivity (Wildman–Crippen MR) is 86.8 cm³/mol. The molecule has 0 heterocycles. The Morgan fingerprint density at radius 2 is 1.68 bits per heavy atom. The summed E-state index contributed by atoms with van der Waals surface area (Å²) in [5, 5.41) is 0.606. The van der Waals surface area contributed by atoms with Gasteiger partial charge in [0.2, 0.25) is 0 Å². The second-order valence-corrected chi connectivity index (χ2v) is 7.47. The highest BCUT2D eigenvalue weighted by atomic mass is 35.5. The molecule has 4 nitrogen and oxygen atoms in total. The van der Waals surface area contributed by atoms with Crippen molar-refractivity contribution >= 4 is 27.3 Å². The molecule has 0 aromatic heterocycles. The summed E-state index contributed by atoms with van der Waals surface area (Å²) < 4.78 is 22.8. The van der Waals surface area contributed by atoms with Crippen LogP contribution in [0.5, 0.6) is 0 Å². The van der Waals surface area contributed by atoms with E-state index in [1.807, 2.05) is 18.2 Å². The summed E-state index contributed by atoms with van der Waals surface area (Å²) in [6.45, 7) is 0.381. The summed E-state index contributed by atoms with van der Waals surface area (Å²) in [7, 11) is -1.59. The molecule has 0 unspecified atom stereocenters. The molecule has 0 N–H and O–H groups in total. The second kappa shape index (κ2) is 6.50. The molecular weight excluding hydrogens is 322 g/mol. The Labute approximate surface area is 135 Å². The second-order valence-electron chi connectivity index (χ2n) is 5.05. The molecule has 0 saturated heterocycles. The summed E-state index contributed by atoms with van der Waals surface area (Å²) >= 11 is 6.09. The van der Waals surface area contributed by atoms with Crippen LogP contribution in [0.1, 0.15) is 15.9 Å². The number of hydrogen-bond donors (Lipinski definition) is 0. The van der Waals surface area contributed by atoms with E-state index >= 15 is 0 Å². The smallest absolute Gasteiger partial charge is 0.253 e. The topological polar surface area (TPSA) is 54.5 Å². The van der Waals surface area contributed by atoms with Gasteiger partial charge in [-0.1, -0.05) is 29.8 Å². The van der Waals surface area contributed by atoms with E-state index in [4.69, 9.17) is 11.6 Å². The van der Waals surface area contributed by atoms with Gasteiger partial charge in [0.25, 0.3) is 5.91 Å². The van der Waals surface area contributed by atoms with Crippen LogP contribution in [0.4, 0.5) is 0 Å². The van der Waals surface area contributed by atoms with Crippen molar-refractivity contribution in [2.45, 2.75) is 11.4 Å². The molecule has 22 heavy (non-hydrogen) atoms. The number of carbonyl (C=O) groups is 1. The standard InChI is InChI=1S/C16H16ClNO3S/c1-18(11-13-5-3-4-6-15(13)17)16(19)12-7-9-14(10-8-12)22(2,20)21/h3-10H,11H2,1-2H3. The first kappa shape index (κ1) is 16.5. The first-order chi connectivity index (χ1) is 10.3. The molecule has 2 aromatic rings. The van der Waals surface area contributed by atoms with Crippen LogP contribution in [0.2, 0.25) is 5.02 Å². The Morgan fingerprint density at radius 3 is 2.23 bits per heavy atom. The highest BCUT2D eigenvalue weighted by Gasteiger charge is 2.14. The Bertz CT molecular complexity index is 785. The van der Waals surface area contributed by atoms with Crippen molar-refractivity contribution < 1.29 is 13.2 Å². The zero-order chi connectivity index (χ0) is 16.3. The molecule has 0 atom stereocenters. The minimum absolute atomic E-state index is 0.192. The fourth-order valence-electron chi connectivity index (χ4n) is 2.02. The van der Waals surface area contributed by atoms with Gasteiger partial charge >= 0.3 is 0 Å².